The average molecular weight is 354 g/mol. The van der Waals surface area contributed by atoms with Crippen molar-refractivity contribution < 1.29 is 17.9 Å². The molecule has 1 aliphatic rings. The van der Waals surface area contributed by atoms with Gasteiger partial charge >= 0.3 is 0 Å². The quantitative estimate of drug-likeness (QED) is 0.797. The van der Waals surface area contributed by atoms with Crippen molar-refractivity contribution in [3.63, 3.8) is 0 Å². The molecule has 1 N–H and O–H groups in total. The minimum atomic E-state index is -3.74. The van der Waals surface area contributed by atoms with Crippen LogP contribution in [-0.2, 0) is 10.0 Å². The van der Waals surface area contributed by atoms with Gasteiger partial charge in [-0.15, -0.1) is 23.2 Å². The molecule has 1 aromatic carbocycles. The predicted octanol–water partition coefficient (Wildman–Crippen LogP) is 2.36. The number of sulfonamides is 1. The Bertz CT molecular complexity index is 594. The number of nitrogens with one attached hydrogen (secondary N) is 1. The van der Waals surface area contributed by atoms with E-state index in [0.29, 0.717) is 31.1 Å². The van der Waals surface area contributed by atoms with Crippen LogP contribution in [-0.4, -0.2) is 38.9 Å². The summed E-state index contributed by atoms with van der Waals surface area (Å²) in [5.41, 5.74) is -0.866. The summed E-state index contributed by atoms with van der Waals surface area (Å²) in [4.78, 5) is 0.0970. The normalized spacial score (nSPS) is 15.0. The van der Waals surface area contributed by atoms with Gasteiger partial charge in [0.25, 0.3) is 0 Å². The van der Waals surface area contributed by atoms with E-state index in [0.717, 1.165) is 0 Å². The summed E-state index contributed by atoms with van der Waals surface area (Å²) in [5.74, 6) is 1.15. The highest BCUT2D eigenvalue weighted by molar-refractivity contribution is 7.89. The van der Waals surface area contributed by atoms with Crippen LogP contribution in [0.25, 0.3) is 0 Å². The Labute approximate surface area is 134 Å². The van der Waals surface area contributed by atoms with E-state index in [2.05, 4.69) is 4.72 Å². The summed E-state index contributed by atoms with van der Waals surface area (Å²) in [6, 6.07) is 4.50. The molecule has 0 fully saturated rings. The van der Waals surface area contributed by atoms with Crippen molar-refractivity contribution in [1.29, 1.82) is 0 Å². The molecule has 0 spiro atoms. The topological polar surface area (TPSA) is 64.6 Å². The van der Waals surface area contributed by atoms with Gasteiger partial charge in [-0.1, -0.05) is 6.92 Å². The zero-order valence-corrected chi connectivity index (χ0v) is 13.9. The zero-order valence-electron chi connectivity index (χ0n) is 11.6. The largest absolute Gasteiger partial charge is 0.486 e. The lowest BCUT2D eigenvalue weighted by Crippen LogP contribution is -2.51. The van der Waals surface area contributed by atoms with Crippen LogP contribution in [0.3, 0.4) is 0 Å². The van der Waals surface area contributed by atoms with Gasteiger partial charge in [-0.3, -0.25) is 0 Å². The van der Waals surface area contributed by atoms with Crippen LogP contribution >= 0.6 is 23.2 Å². The summed E-state index contributed by atoms with van der Waals surface area (Å²) < 4.78 is 38.3. The zero-order chi connectivity index (χ0) is 15.5. The number of halogens is 2. The molecule has 2 rings (SSSR count). The first-order valence-electron chi connectivity index (χ1n) is 6.52. The van der Waals surface area contributed by atoms with Crippen molar-refractivity contribution in [3.05, 3.63) is 18.2 Å². The third kappa shape index (κ3) is 3.56. The van der Waals surface area contributed by atoms with Crippen LogP contribution in [0.2, 0.25) is 0 Å². The van der Waals surface area contributed by atoms with Crippen LogP contribution in [0.15, 0.2) is 23.1 Å². The van der Waals surface area contributed by atoms with Crippen LogP contribution in [0.4, 0.5) is 0 Å². The van der Waals surface area contributed by atoms with E-state index in [1.165, 1.54) is 12.1 Å². The lowest BCUT2D eigenvalue weighted by molar-refractivity contribution is 0.171. The van der Waals surface area contributed by atoms with Crippen molar-refractivity contribution in [3.8, 4) is 11.5 Å². The van der Waals surface area contributed by atoms with Gasteiger partial charge in [-0.25, -0.2) is 13.1 Å². The van der Waals surface area contributed by atoms with Crippen molar-refractivity contribution in [1.82, 2.24) is 4.72 Å². The fourth-order valence-electron chi connectivity index (χ4n) is 1.89. The molecule has 5 nitrogen and oxygen atoms in total. The Morgan fingerprint density at radius 2 is 1.81 bits per heavy atom. The molecule has 0 unspecified atom stereocenters. The van der Waals surface area contributed by atoms with Crippen molar-refractivity contribution in [2.24, 2.45) is 0 Å². The molecule has 21 heavy (non-hydrogen) atoms. The molecule has 0 radical (unpaired) electrons. The third-order valence-corrected chi connectivity index (χ3v) is 5.96. The maximum Gasteiger partial charge on any atom is 0.241 e. The lowest BCUT2D eigenvalue weighted by atomic mass is 10.0. The van der Waals surface area contributed by atoms with Crippen LogP contribution < -0.4 is 14.2 Å². The second-order valence-electron chi connectivity index (χ2n) is 4.81. The fourth-order valence-corrected chi connectivity index (χ4v) is 4.33. The Kier molecular flexibility index (Phi) is 5.24. The predicted molar refractivity (Wildman–Crippen MR) is 82.2 cm³/mol. The monoisotopic (exact) mass is 353 g/mol. The molecule has 118 valence electrons. The highest BCUT2D eigenvalue weighted by Crippen LogP contribution is 2.32. The molecule has 1 aromatic rings. The first-order valence-corrected chi connectivity index (χ1v) is 9.07. The van der Waals surface area contributed by atoms with Crippen molar-refractivity contribution in [2.75, 3.05) is 25.0 Å². The molecule has 0 saturated carbocycles. The molecular weight excluding hydrogens is 337 g/mol. The second-order valence-corrected chi connectivity index (χ2v) is 7.03. The standard InChI is InChI=1S/C13H17Cl2NO4S/c1-2-13(8-14,9-15)16-21(17,18)10-3-4-11-12(7-10)20-6-5-19-11/h3-4,7,16H,2,5-6,8-9H2,1H3. The molecule has 0 amide bonds. The number of fused-ring (bicyclic) bond motifs is 1. The second kappa shape index (κ2) is 6.60. The minimum absolute atomic E-state index is 0.0940. The summed E-state index contributed by atoms with van der Waals surface area (Å²) in [5, 5.41) is 0. The molecule has 1 heterocycles. The summed E-state index contributed by atoms with van der Waals surface area (Å²) >= 11 is 11.8. The number of benzene rings is 1. The average Bonchev–Trinajstić information content (AvgIpc) is 2.52. The number of ether oxygens (including phenoxy) is 2. The minimum Gasteiger partial charge on any atom is -0.486 e. The summed E-state index contributed by atoms with van der Waals surface area (Å²) in [6.07, 6.45) is 0.490. The highest BCUT2D eigenvalue weighted by Gasteiger charge is 2.33. The highest BCUT2D eigenvalue weighted by atomic mass is 35.5. The molecule has 8 heteroatoms. The Morgan fingerprint density at radius 3 is 2.38 bits per heavy atom. The van der Waals surface area contributed by atoms with Gasteiger partial charge in [-0.05, 0) is 18.6 Å². The van der Waals surface area contributed by atoms with Crippen LogP contribution in [0, 0.1) is 0 Å². The van der Waals surface area contributed by atoms with Gasteiger partial charge in [0, 0.05) is 17.8 Å². The molecule has 0 bridgehead atoms. The van der Waals surface area contributed by atoms with Crippen molar-refractivity contribution in [2.45, 2.75) is 23.8 Å². The van der Waals surface area contributed by atoms with Gasteiger partial charge in [0.1, 0.15) is 13.2 Å². The Hall–Kier alpha value is -0.690. The van der Waals surface area contributed by atoms with Crippen LogP contribution in [0.1, 0.15) is 13.3 Å². The summed E-state index contributed by atoms with van der Waals surface area (Å²) in [7, 11) is -3.74. The maximum atomic E-state index is 12.5. The number of hydrogen-bond acceptors (Lipinski definition) is 4. The number of rotatable bonds is 6. The van der Waals surface area contributed by atoms with Gasteiger partial charge in [-0.2, -0.15) is 0 Å². The maximum absolute atomic E-state index is 12.5. The number of hydrogen-bond donors (Lipinski definition) is 1. The lowest BCUT2D eigenvalue weighted by Gasteiger charge is -2.29. The van der Waals surface area contributed by atoms with Gasteiger partial charge < -0.3 is 9.47 Å². The Morgan fingerprint density at radius 1 is 1.19 bits per heavy atom. The van der Waals surface area contributed by atoms with E-state index in [-0.39, 0.29) is 16.7 Å². The van der Waals surface area contributed by atoms with E-state index in [1.54, 1.807) is 6.07 Å². The SMILES string of the molecule is CCC(CCl)(CCl)NS(=O)(=O)c1ccc2c(c1)OCCO2. The van der Waals surface area contributed by atoms with E-state index in [9.17, 15) is 8.42 Å². The van der Waals surface area contributed by atoms with E-state index in [4.69, 9.17) is 32.7 Å². The van der Waals surface area contributed by atoms with Gasteiger partial charge in [0.15, 0.2) is 11.5 Å². The fraction of sp³-hybridized carbons (Fsp3) is 0.538. The van der Waals surface area contributed by atoms with Gasteiger partial charge in [0.2, 0.25) is 10.0 Å². The molecule has 0 atom stereocenters. The van der Waals surface area contributed by atoms with E-state index in [1.807, 2.05) is 6.92 Å². The van der Waals surface area contributed by atoms with E-state index >= 15 is 0 Å². The number of alkyl halides is 2. The molecule has 1 aliphatic heterocycles. The molecule has 0 aromatic heterocycles. The Balaban J connectivity index is 2.31. The van der Waals surface area contributed by atoms with Gasteiger partial charge in [0.05, 0.1) is 10.4 Å². The van der Waals surface area contributed by atoms with Crippen molar-refractivity contribution >= 4 is 33.2 Å². The first kappa shape index (κ1) is 16.7. The smallest absolute Gasteiger partial charge is 0.241 e. The molecule has 0 aliphatic carbocycles. The molecule has 0 saturated heterocycles. The third-order valence-electron chi connectivity index (χ3n) is 3.36. The van der Waals surface area contributed by atoms with E-state index < -0.39 is 15.6 Å². The first-order chi connectivity index (χ1) is 9.96. The molecular formula is C13H17Cl2NO4S. The van der Waals surface area contributed by atoms with Crippen LogP contribution in [0.5, 0.6) is 11.5 Å². The summed E-state index contributed by atoms with van der Waals surface area (Å²) in [6.45, 7) is 2.68.